The highest BCUT2D eigenvalue weighted by molar-refractivity contribution is 8.06. The van der Waals surface area contributed by atoms with E-state index in [0.717, 1.165) is 17.1 Å². The fourth-order valence-corrected chi connectivity index (χ4v) is 4.79. The maximum atomic E-state index is 10.4. The summed E-state index contributed by atoms with van der Waals surface area (Å²) in [7, 11) is 0. The molecule has 16 heavy (non-hydrogen) atoms. The van der Waals surface area contributed by atoms with E-state index < -0.39 is 0 Å². The van der Waals surface area contributed by atoms with Gasteiger partial charge in [0.2, 0.25) is 0 Å². The Morgan fingerprint density at radius 2 is 2.12 bits per heavy atom. The minimum Gasteiger partial charge on any atom is -0.387 e. The van der Waals surface area contributed by atoms with Crippen LogP contribution < -0.4 is 0 Å². The lowest BCUT2D eigenvalue weighted by atomic mass is 9.99. The van der Waals surface area contributed by atoms with Crippen LogP contribution in [0.4, 0.5) is 0 Å². The van der Waals surface area contributed by atoms with Gasteiger partial charge >= 0.3 is 0 Å². The predicted octanol–water partition coefficient (Wildman–Crippen LogP) is 3.19. The first-order valence-corrected chi connectivity index (χ1v) is 7.83. The fourth-order valence-electron chi connectivity index (χ4n) is 2.05. The zero-order chi connectivity index (χ0) is 11.5. The lowest BCUT2D eigenvalue weighted by molar-refractivity contribution is 0.180. The molecule has 0 spiro atoms. The van der Waals surface area contributed by atoms with Crippen molar-refractivity contribution in [2.24, 2.45) is 0 Å². The third-order valence-corrected chi connectivity index (χ3v) is 5.79. The Morgan fingerprint density at radius 1 is 1.31 bits per heavy atom. The number of aryl methyl sites for hydroxylation is 2. The van der Waals surface area contributed by atoms with Gasteiger partial charge in [-0.2, -0.15) is 23.5 Å². The van der Waals surface area contributed by atoms with E-state index in [2.05, 4.69) is 32.0 Å². The summed E-state index contributed by atoms with van der Waals surface area (Å²) in [6.45, 7) is 4.18. The van der Waals surface area contributed by atoms with Gasteiger partial charge in [-0.1, -0.05) is 23.8 Å². The second-order valence-electron chi connectivity index (χ2n) is 4.29. The van der Waals surface area contributed by atoms with E-state index >= 15 is 0 Å². The Kier molecular flexibility index (Phi) is 4.22. The molecule has 1 saturated heterocycles. The van der Waals surface area contributed by atoms with Gasteiger partial charge < -0.3 is 5.11 Å². The van der Waals surface area contributed by atoms with Crippen molar-refractivity contribution in [2.75, 3.05) is 17.3 Å². The van der Waals surface area contributed by atoms with Crippen LogP contribution in [0.1, 0.15) is 22.8 Å². The molecule has 0 radical (unpaired) electrons. The molecule has 0 aromatic heterocycles. The number of benzene rings is 1. The van der Waals surface area contributed by atoms with Crippen LogP contribution in [0.3, 0.4) is 0 Å². The molecular formula is C13H18OS2. The molecule has 0 saturated carbocycles. The SMILES string of the molecule is Cc1ccc(C(O)C2CSCCS2)c(C)c1. The molecule has 0 aliphatic carbocycles. The van der Waals surface area contributed by atoms with Crippen molar-refractivity contribution >= 4 is 23.5 Å². The monoisotopic (exact) mass is 254 g/mol. The molecule has 1 aromatic carbocycles. The van der Waals surface area contributed by atoms with E-state index in [4.69, 9.17) is 0 Å². The van der Waals surface area contributed by atoms with Gasteiger partial charge in [-0.05, 0) is 25.0 Å². The summed E-state index contributed by atoms with van der Waals surface area (Å²) in [4.78, 5) is 0. The van der Waals surface area contributed by atoms with Crippen molar-refractivity contribution in [2.45, 2.75) is 25.2 Å². The summed E-state index contributed by atoms with van der Waals surface area (Å²) in [6, 6.07) is 6.32. The van der Waals surface area contributed by atoms with Crippen molar-refractivity contribution < 1.29 is 5.11 Å². The molecule has 1 N–H and O–H groups in total. The van der Waals surface area contributed by atoms with E-state index in [0.29, 0.717) is 5.25 Å². The Morgan fingerprint density at radius 3 is 2.75 bits per heavy atom. The molecular weight excluding hydrogens is 236 g/mol. The molecule has 1 nitrogen and oxygen atoms in total. The summed E-state index contributed by atoms with van der Waals surface area (Å²) in [5.74, 6) is 3.46. The van der Waals surface area contributed by atoms with Crippen LogP contribution in [0, 0.1) is 13.8 Å². The van der Waals surface area contributed by atoms with Crippen LogP contribution in [0.15, 0.2) is 18.2 Å². The highest BCUT2D eigenvalue weighted by atomic mass is 32.2. The number of rotatable bonds is 2. The Hall–Kier alpha value is -0.120. The first-order chi connectivity index (χ1) is 7.68. The highest BCUT2D eigenvalue weighted by Crippen LogP contribution is 2.34. The molecule has 1 aliphatic rings. The third-order valence-electron chi connectivity index (χ3n) is 2.94. The summed E-state index contributed by atoms with van der Waals surface area (Å²) >= 11 is 3.86. The number of hydrogen-bond acceptors (Lipinski definition) is 3. The second-order valence-corrected chi connectivity index (χ2v) is 6.79. The van der Waals surface area contributed by atoms with Crippen molar-refractivity contribution in [1.82, 2.24) is 0 Å². The molecule has 88 valence electrons. The molecule has 2 unspecified atom stereocenters. The lowest BCUT2D eigenvalue weighted by Gasteiger charge is -2.27. The van der Waals surface area contributed by atoms with E-state index in [1.165, 1.54) is 16.9 Å². The van der Waals surface area contributed by atoms with Gasteiger partial charge in [-0.15, -0.1) is 0 Å². The molecule has 1 heterocycles. The first-order valence-electron chi connectivity index (χ1n) is 5.63. The maximum absolute atomic E-state index is 10.4. The van der Waals surface area contributed by atoms with Crippen LogP contribution in [0.2, 0.25) is 0 Å². The van der Waals surface area contributed by atoms with E-state index in [1.54, 1.807) is 0 Å². The Balaban J connectivity index is 2.15. The average Bonchev–Trinajstić information content (AvgIpc) is 2.29. The molecule has 0 bridgehead atoms. The van der Waals surface area contributed by atoms with Crippen molar-refractivity contribution in [3.05, 3.63) is 34.9 Å². The number of hydrogen-bond donors (Lipinski definition) is 1. The number of aliphatic hydroxyl groups is 1. The van der Waals surface area contributed by atoms with Crippen LogP contribution in [0.5, 0.6) is 0 Å². The van der Waals surface area contributed by atoms with Crippen molar-refractivity contribution in [1.29, 1.82) is 0 Å². The van der Waals surface area contributed by atoms with Crippen LogP contribution in [0.25, 0.3) is 0 Å². The number of aliphatic hydroxyl groups excluding tert-OH is 1. The van der Waals surface area contributed by atoms with Crippen molar-refractivity contribution in [3.8, 4) is 0 Å². The normalized spacial score (nSPS) is 23.1. The summed E-state index contributed by atoms with van der Waals surface area (Å²) < 4.78 is 0. The zero-order valence-corrected chi connectivity index (χ0v) is 11.4. The van der Waals surface area contributed by atoms with Crippen LogP contribution >= 0.6 is 23.5 Å². The minimum absolute atomic E-state index is 0.307. The van der Waals surface area contributed by atoms with Gasteiger partial charge in [0.05, 0.1) is 6.10 Å². The Labute approximate surface area is 106 Å². The fraction of sp³-hybridized carbons (Fsp3) is 0.538. The third kappa shape index (κ3) is 2.76. The zero-order valence-electron chi connectivity index (χ0n) is 9.77. The van der Waals surface area contributed by atoms with Gasteiger partial charge in [-0.3, -0.25) is 0 Å². The molecule has 1 aromatic rings. The summed E-state index contributed by atoms with van der Waals surface area (Å²) in [5.41, 5.74) is 3.58. The highest BCUT2D eigenvalue weighted by Gasteiger charge is 2.24. The quantitative estimate of drug-likeness (QED) is 0.875. The first kappa shape index (κ1) is 12.3. The smallest absolute Gasteiger partial charge is 0.0919 e. The van der Waals surface area contributed by atoms with Gasteiger partial charge in [0.15, 0.2) is 0 Å². The molecule has 0 amide bonds. The maximum Gasteiger partial charge on any atom is 0.0919 e. The van der Waals surface area contributed by atoms with Crippen molar-refractivity contribution in [3.63, 3.8) is 0 Å². The largest absolute Gasteiger partial charge is 0.387 e. The van der Waals surface area contributed by atoms with E-state index in [9.17, 15) is 5.11 Å². The Bertz CT molecular complexity index is 359. The molecule has 3 heteroatoms. The molecule has 2 atom stereocenters. The molecule has 1 fully saturated rings. The van der Waals surface area contributed by atoms with Gasteiger partial charge in [0.25, 0.3) is 0 Å². The lowest BCUT2D eigenvalue weighted by Crippen LogP contribution is -2.22. The second kappa shape index (κ2) is 5.48. The van der Waals surface area contributed by atoms with Gasteiger partial charge in [0.1, 0.15) is 0 Å². The average molecular weight is 254 g/mol. The van der Waals surface area contributed by atoms with Crippen LogP contribution in [-0.2, 0) is 0 Å². The molecule has 1 aliphatic heterocycles. The van der Waals surface area contributed by atoms with Gasteiger partial charge in [0, 0.05) is 22.5 Å². The van der Waals surface area contributed by atoms with Gasteiger partial charge in [-0.25, -0.2) is 0 Å². The standard InChI is InChI=1S/C13H18OS2/c1-9-3-4-11(10(2)7-9)13(14)12-8-15-5-6-16-12/h3-4,7,12-14H,5-6,8H2,1-2H3. The predicted molar refractivity (Wildman–Crippen MR) is 74.4 cm³/mol. The topological polar surface area (TPSA) is 20.2 Å². The van der Waals surface area contributed by atoms with Crippen LogP contribution in [-0.4, -0.2) is 27.6 Å². The summed E-state index contributed by atoms with van der Waals surface area (Å²) in [6.07, 6.45) is -0.307. The molecule has 2 rings (SSSR count). The number of thioether (sulfide) groups is 2. The summed E-state index contributed by atoms with van der Waals surface area (Å²) in [5, 5.41) is 10.7. The van der Waals surface area contributed by atoms with E-state index in [1.807, 2.05) is 23.5 Å². The van der Waals surface area contributed by atoms with E-state index in [-0.39, 0.29) is 6.10 Å². The minimum atomic E-state index is -0.307.